The van der Waals surface area contributed by atoms with Crippen LogP contribution in [0.3, 0.4) is 0 Å². The molecule has 96 valence electrons. The third kappa shape index (κ3) is 5.33. The van der Waals surface area contributed by atoms with Gasteiger partial charge < -0.3 is 5.32 Å². The maximum absolute atomic E-state index is 6.30. The van der Waals surface area contributed by atoms with Crippen LogP contribution in [0.1, 0.15) is 39.7 Å². The van der Waals surface area contributed by atoms with Crippen molar-refractivity contribution < 1.29 is 0 Å². The second kappa shape index (κ2) is 7.30. The van der Waals surface area contributed by atoms with E-state index < -0.39 is 0 Å². The minimum Gasteiger partial charge on any atom is -0.310 e. The highest BCUT2D eigenvalue weighted by Gasteiger charge is 2.07. The Morgan fingerprint density at radius 1 is 1.29 bits per heavy atom. The summed E-state index contributed by atoms with van der Waals surface area (Å²) in [5.74, 6) is 0. The summed E-state index contributed by atoms with van der Waals surface area (Å²) in [6.07, 6.45) is 1.16. The third-order valence-electron chi connectivity index (χ3n) is 2.61. The first-order chi connectivity index (χ1) is 8.02. The summed E-state index contributed by atoms with van der Waals surface area (Å²) in [4.78, 5) is 1.19. The van der Waals surface area contributed by atoms with Crippen molar-refractivity contribution in [1.29, 1.82) is 0 Å². The Balaban J connectivity index is 2.65. The van der Waals surface area contributed by atoms with Crippen molar-refractivity contribution in [2.24, 2.45) is 0 Å². The lowest BCUT2D eigenvalue weighted by molar-refractivity contribution is 0.588. The van der Waals surface area contributed by atoms with Crippen LogP contribution in [0.4, 0.5) is 0 Å². The van der Waals surface area contributed by atoms with E-state index in [0.717, 1.165) is 18.0 Å². The van der Waals surface area contributed by atoms with E-state index >= 15 is 0 Å². The molecule has 1 rings (SSSR count). The first kappa shape index (κ1) is 14.9. The standard InChI is InChI=1S/C14H22ClNS/c1-5-11(4)17-14-7-6-12(8-13(14)15)9-16-10(2)3/h6-8,10-11,16H,5,9H2,1-4H3. The fourth-order valence-corrected chi connectivity index (χ4v) is 2.63. The summed E-state index contributed by atoms with van der Waals surface area (Å²) in [6.45, 7) is 9.61. The predicted molar refractivity (Wildman–Crippen MR) is 79.0 cm³/mol. The molecule has 1 unspecified atom stereocenters. The fraction of sp³-hybridized carbons (Fsp3) is 0.571. The number of halogens is 1. The van der Waals surface area contributed by atoms with E-state index in [4.69, 9.17) is 11.6 Å². The van der Waals surface area contributed by atoms with Crippen LogP contribution < -0.4 is 5.32 Å². The minimum absolute atomic E-state index is 0.503. The van der Waals surface area contributed by atoms with Crippen molar-refractivity contribution in [3.8, 4) is 0 Å². The van der Waals surface area contributed by atoms with E-state index in [-0.39, 0.29) is 0 Å². The molecule has 0 aromatic heterocycles. The molecule has 0 amide bonds. The van der Waals surface area contributed by atoms with Gasteiger partial charge in [0.05, 0.1) is 5.02 Å². The molecular weight excluding hydrogens is 250 g/mol. The van der Waals surface area contributed by atoms with Crippen LogP contribution in [0.15, 0.2) is 23.1 Å². The molecule has 0 saturated heterocycles. The van der Waals surface area contributed by atoms with Gasteiger partial charge in [-0.15, -0.1) is 11.8 Å². The predicted octanol–water partition coefficient (Wildman–Crippen LogP) is 4.73. The Hall–Kier alpha value is -0.180. The summed E-state index contributed by atoms with van der Waals surface area (Å²) in [5, 5.41) is 4.89. The zero-order valence-corrected chi connectivity index (χ0v) is 12.7. The maximum atomic E-state index is 6.30. The number of hydrogen-bond donors (Lipinski definition) is 1. The molecule has 1 nitrogen and oxygen atoms in total. The zero-order chi connectivity index (χ0) is 12.8. The van der Waals surface area contributed by atoms with E-state index in [1.807, 2.05) is 11.8 Å². The molecule has 1 aromatic carbocycles. The molecule has 1 aromatic rings. The van der Waals surface area contributed by atoms with Gasteiger partial charge in [0, 0.05) is 22.7 Å². The van der Waals surface area contributed by atoms with Gasteiger partial charge in [-0.1, -0.05) is 45.4 Å². The Morgan fingerprint density at radius 2 is 2.00 bits per heavy atom. The first-order valence-electron chi connectivity index (χ1n) is 6.21. The summed E-state index contributed by atoms with van der Waals surface area (Å²) < 4.78 is 0. The molecule has 3 heteroatoms. The molecule has 0 heterocycles. The minimum atomic E-state index is 0.503. The van der Waals surface area contributed by atoms with Gasteiger partial charge in [0.2, 0.25) is 0 Å². The number of thioether (sulfide) groups is 1. The topological polar surface area (TPSA) is 12.0 Å². The molecule has 17 heavy (non-hydrogen) atoms. The smallest absolute Gasteiger partial charge is 0.0545 e. The number of benzene rings is 1. The third-order valence-corrected chi connectivity index (χ3v) is 4.38. The number of nitrogens with one attached hydrogen (secondary N) is 1. The Kier molecular flexibility index (Phi) is 6.39. The van der Waals surface area contributed by atoms with Gasteiger partial charge in [0.1, 0.15) is 0 Å². The molecule has 0 saturated carbocycles. The SMILES string of the molecule is CCC(C)Sc1ccc(CNC(C)C)cc1Cl. The van der Waals surface area contributed by atoms with Gasteiger partial charge in [-0.3, -0.25) is 0 Å². The molecular formula is C14H22ClNS. The molecule has 1 atom stereocenters. The van der Waals surface area contributed by atoms with Crippen LogP contribution in [0.2, 0.25) is 5.02 Å². The molecule has 0 radical (unpaired) electrons. The summed E-state index contributed by atoms with van der Waals surface area (Å²) >= 11 is 8.15. The highest BCUT2D eigenvalue weighted by molar-refractivity contribution is 8.00. The summed E-state index contributed by atoms with van der Waals surface area (Å²) in [6, 6.07) is 6.87. The Morgan fingerprint density at radius 3 is 2.53 bits per heavy atom. The van der Waals surface area contributed by atoms with E-state index in [0.29, 0.717) is 11.3 Å². The van der Waals surface area contributed by atoms with Crippen molar-refractivity contribution in [3.05, 3.63) is 28.8 Å². The van der Waals surface area contributed by atoms with Crippen LogP contribution in [-0.2, 0) is 6.54 Å². The Labute approximate surface area is 114 Å². The van der Waals surface area contributed by atoms with E-state index in [9.17, 15) is 0 Å². The first-order valence-corrected chi connectivity index (χ1v) is 7.47. The number of hydrogen-bond acceptors (Lipinski definition) is 2. The second-order valence-corrected chi connectivity index (χ2v) is 6.52. The van der Waals surface area contributed by atoms with E-state index in [1.54, 1.807) is 0 Å². The maximum Gasteiger partial charge on any atom is 0.0545 e. The van der Waals surface area contributed by atoms with Crippen molar-refractivity contribution in [3.63, 3.8) is 0 Å². The second-order valence-electron chi connectivity index (χ2n) is 4.64. The molecule has 0 aliphatic carbocycles. The highest BCUT2D eigenvalue weighted by Crippen LogP contribution is 2.32. The molecule has 0 aliphatic heterocycles. The lowest BCUT2D eigenvalue weighted by Gasteiger charge is -2.12. The molecule has 0 aliphatic rings. The van der Waals surface area contributed by atoms with Gasteiger partial charge in [-0.05, 0) is 24.1 Å². The van der Waals surface area contributed by atoms with Crippen LogP contribution in [0.25, 0.3) is 0 Å². The fourth-order valence-electron chi connectivity index (χ4n) is 1.37. The average molecular weight is 272 g/mol. The molecule has 0 spiro atoms. The van der Waals surface area contributed by atoms with Crippen LogP contribution in [0.5, 0.6) is 0 Å². The summed E-state index contributed by atoms with van der Waals surface area (Å²) in [7, 11) is 0. The highest BCUT2D eigenvalue weighted by atomic mass is 35.5. The van der Waals surface area contributed by atoms with E-state index in [1.165, 1.54) is 10.5 Å². The monoisotopic (exact) mass is 271 g/mol. The molecule has 0 bridgehead atoms. The molecule has 0 fully saturated rings. The van der Waals surface area contributed by atoms with Crippen molar-refractivity contribution in [2.45, 2.75) is 56.8 Å². The molecule has 1 N–H and O–H groups in total. The van der Waals surface area contributed by atoms with Gasteiger partial charge in [0.15, 0.2) is 0 Å². The zero-order valence-electron chi connectivity index (χ0n) is 11.1. The van der Waals surface area contributed by atoms with Gasteiger partial charge >= 0.3 is 0 Å². The quantitative estimate of drug-likeness (QED) is 0.751. The normalized spacial score (nSPS) is 13.1. The van der Waals surface area contributed by atoms with Crippen molar-refractivity contribution in [2.75, 3.05) is 0 Å². The number of rotatable bonds is 6. The van der Waals surface area contributed by atoms with E-state index in [2.05, 4.69) is 51.2 Å². The van der Waals surface area contributed by atoms with Gasteiger partial charge in [-0.2, -0.15) is 0 Å². The average Bonchev–Trinajstić information content (AvgIpc) is 2.29. The largest absolute Gasteiger partial charge is 0.310 e. The van der Waals surface area contributed by atoms with Crippen molar-refractivity contribution >= 4 is 23.4 Å². The lowest BCUT2D eigenvalue weighted by Crippen LogP contribution is -2.21. The Bertz CT molecular complexity index is 352. The van der Waals surface area contributed by atoms with Crippen LogP contribution in [-0.4, -0.2) is 11.3 Å². The summed E-state index contributed by atoms with van der Waals surface area (Å²) in [5.41, 5.74) is 1.25. The lowest BCUT2D eigenvalue weighted by atomic mass is 10.2. The van der Waals surface area contributed by atoms with Gasteiger partial charge in [0.25, 0.3) is 0 Å². The van der Waals surface area contributed by atoms with Gasteiger partial charge in [-0.25, -0.2) is 0 Å². The van der Waals surface area contributed by atoms with Crippen molar-refractivity contribution in [1.82, 2.24) is 5.32 Å². The van der Waals surface area contributed by atoms with Crippen LogP contribution >= 0.6 is 23.4 Å². The van der Waals surface area contributed by atoms with Crippen LogP contribution in [0, 0.1) is 0 Å².